The zero-order chi connectivity index (χ0) is 13.1. The van der Waals surface area contributed by atoms with Crippen molar-refractivity contribution in [2.24, 2.45) is 0 Å². The van der Waals surface area contributed by atoms with E-state index in [1.807, 2.05) is 6.08 Å². The summed E-state index contributed by atoms with van der Waals surface area (Å²) in [6.07, 6.45) is 16.2. The normalized spacial score (nSPS) is 31.4. The van der Waals surface area contributed by atoms with Crippen LogP contribution in [0.1, 0.15) is 65.2 Å². The second-order valence-electron chi connectivity index (χ2n) is 5.59. The Balaban J connectivity index is 0.00000180. The topological polar surface area (TPSA) is 20.2 Å². The van der Waals surface area contributed by atoms with E-state index in [1.165, 1.54) is 50.5 Å². The van der Waals surface area contributed by atoms with E-state index in [9.17, 15) is 5.11 Å². The fourth-order valence-electron chi connectivity index (χ4n) is 3.00. The largest absolute Gasteiger partial charge is 0.374 e. The Hall–Kier alpha value is 1.36. The molecule has 3 heteroatoms. The summed E-state index contributed by atoms with van der Waals surface area (Å²) in [4.78, 5) is -0.572. The monoisotopic (exact) mass is 404 g/mol. The molecule has 0 spiro atoms. The number of hydrogen-bond acceptors (Lipinski definition) is 2. The Morgan fingerprint density at radius 3 is 2.47 bits per heavy atom. The van der Waals surface area contributed by atoms with Gasteiger partial charge in [0.05, 0.1) is 4.75 Å². The van der Waals surface area contributed by atoms with Crippen LogP contribution in [0.15, 0.2) is 23.8 Å². The molecular weight excluding hydrogens is 378 g/mol. The minimum atomic E-state index is -0.572. The molecule has 0 aromatic rings. The molecule has 1 fully saturated rings. The van der Waals surface area contributed by atoms with Gasteiger partial charge in [-0.3, -0.25) is 0 Å². The molecule has 1 N–H and O–H groups in total. The number of rotatable bonds is 8. The van der Waals surface area contributed by atoms with Crippen molar-refractivity contribution in [1.82, 2.24) is 0 Å². The van der Waals surface area contributed by atoms with Crippen LogP contribution < -0.4 is 0 Å². The molecule has 2 atom stereocenters. The predicted molar refractivity (Wildman–Crippen MR) is 86.5 cm³/mol. The van der Waals surface area contributed by atoms with E-state index in [0.717, 1.165) is 6.42 Å². The second-order valence-corrected chi connectivity index (χ2v) is 7.11. The molecule has 104 valence electrons. The molecule has 2 unspecified atom stereocenters. The maximum atomic E-state index is 10.6. The Labute approximate surface area is 162 Å². The van der Waals surface area contributed by atoms with Gasteiger partial charge in [-0.2, -0.15) is 0 Å². The molecule has 19 heavy (non-hydrogen) atoms. The third-order valence-electron chi connectivity index (χ3n) is 4.19. The molecule has 0 bridgehead atoms. The second kappa shape index (κ2) is 8.12. The van der Waals surface area contributed by atoms with Crippen molar-refractivity contribution in [3.05, 3.63) is 23.8 Å². The van der Waals surface area contributed by atoms with E-state index >= 15 is 0 Å². The maximum absolute atomic E-state index is 10.6. The SMILES string of the molecule is CCCCCC1=CC=CC2(O)SC12CCCCC.[Ba]. The number of thioether (sulfide) groups is 1. The van der Waals surface area contributed by atoms with Crippen LogP contribution in [-0.4, -0.2) is 63.7 Å². The average molecular weight is 404 g/mol. The van der Waals surface area contributed by atoms with E-state index < -0.39 is 4.93 Å². The van der Waals surface area contributed by atoms with Gasteiger partial charge in [0.1, 0.15) is 4.93 Å². The van der Waals surface area contributed by atoms with Crippen LogP contribution >= 0.6 is 11.8 Å². The fraction of sp³-hybridized carbons (Fsp3) is 0.750. The zero-order valence-electron chi connectivity index (χ0n) is 12.5. The molecule has 0 aromatic heterocycles. The van der Waals surface area contributed by atoms with Gasteiger partial charge in [0.15, 0.2) is 0 Å². The van der Waals surface area contributed by atoms with Crippen LogP contribution in [-0.2, 0) is 0 Å². The molecule has 1 saturated heterocycles. The molecule has 1 aliphatic heterocycles. The van der Waals surface area contributed by atoms with Crippen molar-refractivity contribution in [1.29, 1.82) is 0 Å². The van der Waals surface area contributed by atoms with Crippen molar-refractivity contribution in [2.45, 2.75) is 74.9 Å². The van der Waals surface area contributed by atoms with Gasteiger partial charge in [-0.1, -0.05) is 58.1 Å². The van der Waals surface area contributed by atoms with Gasteiger partial charge in [-0.05, 0) is 30.9 Å². The summed E-state index contributed by atoms with van der Waals surface area (Å²) in [6.45, 7) is 4.48. The summed E-state index contributed by atoms with van der Waals surface area (Å²) >= 11 is 1.77. The van der Waals surface area contributed by atoms with Gasteiger partial charge in [0.2, 0.25) is 0 Å². The van der Waals surface area contributed by atoms with Gasteiger partial charge in [0, 0.05) is 48.9 Å². The molecule has 1 heterocycles. The van der Waals surface area contributed by atoms with Gasteiger partial charge >= 0.3 is 0 Å². The Bertz CT molecular complexity index is 353. The summed E-state index contributed by atoms with van der Waals surface area (Å²) in [6, 6.07) is 0. The molecule has 2 aliphatic rings. The van der Waals surface area contributed by atoms with Crippen molar-refractivity contribution in [3.8, 4) is 0 Å². The van der Waals surface area contributed by atoms with E-state index in [1.54, 1.807) is 11.8 Å². The van der Waals surface area contributed by atoms with Crippen molar-refractivity contribution in [3.63, 3.8) is 0 Å². The predicted octanol–water partition coefficient (Wildman–Crippen LogP) is 4.44. The summed E-state index contributed by atoms with van der Waals surface area (Å²) in [5, 5.41) is 10.6. The molecule has 1 nitrogen and oxygen atoms in total. The van der Waals surface area contributed by atoms with Crippen LogP contribution in [0.3, 0.4) is 0 Å². The van der Waals surface area contributed by atoms with Gasteiger partial charge < -0.3 is 5.11 Å². The summed E-state index contributed by atoms with van der Waals surface area (Å²) in [5.74, 6) is 0. The smallest absolute Gasteiger partial charge is 0.148 e. The first-order chi connectivity index (χ1) is 8.68. The van der Waals surface area contributed by atoms with Crippen LogP contribution in [0.2, 0.25) is 0 Å². The maximum Gasteiger partial charge on any atom is 0.148 e. The summed E-state index contributed by atoms with van der Waals surface area (Å²) in [7, 11) is 0. The van der Waals surface area contributed by atoms with Gasteiger partial charge in [-0.25, -0.2) is 0 Å². The van der Waals surface area contributed by atoms with Crippen LogP contribution in [0.4, 0.5) is 0 Å². The van der Waals surface area contributed by atoms with Crippen molar-refractivity contribution < 1.29 is 5.11 Å². The van der Waals surface area contributed by atoms with Crippen molar-refractivity contribution >= 4 is 60.6 Å². The third-order valence-corrected chi connectivity index (χ3v) is 5.90. The van der Waals surface area contributed by atoms with E-state index in [-0.39, 0.29) is 53.6 Å². The van der Waals surface area contributed by atoms with E-state index in [0.29, 0.717) is 0 Å². The first-order valence-electron chi connectivity index (χ1n) is 7.50. The number of aliphatic hydroxyl groups is 1. The Morgan fingerprint density at radius 2 is 1.79 bits per heavy atom. The summed E-state index contributed by atoms with van der Waals surface area (Å²) in [5.41, 5.74) is 1.49. The van der Waals surface area contributed by atoms with E-state index in [2.05, 4.69) is 26.0 Å². The van der Waals surface area contributed by atoms with E-state index in [4.69, 9.17) is 0 Å². The standard InChI is InChI=1S/C16H26OS.Ba/c1-3-5-7-10-14-11-9-13-16(17)15(14,18-16)12-8-6-4-2;/h9,11,13,17H,3-8,10,12H2,1-2H3;. The molecule has 2 rings (SSSR count). The van der Waals surface area contributed by atoms with Gasteiger partial charge in [0.25, 0.3) is 0 Å². The molecule has 2 radical (unpaired) electrons. The zero-order valence-corrected chi connectivity index (χ0v) is 17.7. The molecular formula is C16H26BaOS. The third kappa shape index (κ3) is 3.97. The average Bonchev–Trinajstić information content (AvgIpc) is 2.97. The first kappa shape index (κ1) is 18.4. The number of unbranched alkanes of at least 4 members (excludes halogenated alkanes) is 4. The number of fused-ring (bicyclic) bond motifs is 1. The first-order valence-corrected chi connectivity index (χ1v) is 8.31. The molecule has 0 amide bonds. The quantitative estimate of drug-likeness (QED) is 0.367. The molecule has 0 aromatic carbocycles. The van der Waals surface area contributed by atoms with Crippen LogP contribution in [0, 0.1) is 0 Å². The number of hydrogen-bond donors (Lipinski definition) is 1. The molecule has 0 saturated carbocycles. The Morgan fingerprint density at radius 1 is 1.11 bits per heavy atom. The minimum Gasteiger partial charge on any atom is -0.374 e. The minimum absolute atomic E-state index is 0. The van der Waals surface area contributed by atoms with Crippen LogP contribution in [0.25, 0.3) is 0 Å². The Kier molecular flexibility index (Phi) is 7.86. The molecule has 1 aliphatic carbocycles. The number of allylic oxidation sites excluding steroid dienone is 2. The fourth-order valence-corrected chi connectivity index (χ4v) is 4.47. The van der Waals surface area contributed by atoms with Gasteiger partial charge in [-0.15, -0.1) is 11.8 Å². The van der Waals surface area contributed by atoms with Crippen LogP contribution in [0.5, 0.6) is 0 Å². The van der Waals surface area contributed by atoms with Crippen molar-refractivity contribution in [2.75, 3.05) is 0 Å². The summed E-state index contributed by atoms with van der Waals surface area (Å²) < 4.78 is 0.0463.